The molecule has 0 saturated carbocycles. The van der Waals surface area contributed by atoms with Crippen molar-refractivity contribution in [3.8, 4) is 5.75 Å². The van der Waals surface area contributed by atoms with Gasteiger partial charge in [-0.2, -0.15) is 21.6 Å². The summed E-state index contributed by atoms with van der Waals surface area (Å²) in [4.78, 5) is 0. The van der Waals surface area contributed by atoms with Gasteiger partial charge in [-0.1, -0.05) is 40.7 Å². The van der Waals surface area contributed by atoms with E-state index in [0.29, 0.717) is 12.0 Å². The number of benzene rings is 1. The summed E-state index contributed by atoms with van der Waals surface area (Å²) in [5.41, 5.74) is -2.78. The van der Waals surface area contributed by atoms with Crippen LogP contribution >= 0.6 is 0 Å². The molecule has 0 heterocycles. The monoisotopic (exact) mass is 376 g/mol. The third-order valence-corrected chi connectivity index (χ3v) is 5.41. The van der Waals surface area contributed by atoms with Crippen molar-refractivity contribution in [1.82, 2.24) is 0 Å². The van der Waals surface area contributed by atoms with Crippen molar-refractivity contribution in [3.63, 3.8) is 0 Å². The Hall–Kier alpha value is -1.50. The Morgan fingerprint density at radius 2 is 1.68 bits per heavy atom. The number of alkyl halides is 3. The van der Waals surface area contributed by atoms with Crippen LogP contribution in [0.3, 0.4) is 0 Å². The van der Waals surface area contributed by atoms with Gasteiger partial charge in [-0.05, 0) is 58.6 Å². The van der Waals surface area contributed by atoms with Gasteiger partial charge in [0.1, 0.15) is 5.75 Å². The van der Waals surface area contributed by atoms with Crippen LogP contribution in [-0.2, 0) is 15.5 Å². The molecule has 1 aromatic rings. The van der Waals surface area contributed by atoms with E-state index in [-0.39, 0.29) is 16.6 Å². The van der Waals surface area contributed by atoms with Crippen molar-refractivity contribution in [1.29, 1.82) is 0 Å². The molecular formula is C18H23F3O3S. The molecular weight excluding hydrogens is 353 g/mol. The largest absolute Gasteiger partial charge is 0.534 e. The van der Waals surface area contributed by atoms with Crippen LogP contribution in [0.1, 0.15) is 57.7 Å². The van der Waals surface area contributed by atoms with Crippen LogP contribution in [-0.4, -0.2) is 13.9 Å². The molecule has 1 aromatic carbocycles. The summed E-state index contributed by atoms with van der Waals surface area (Å²) in [5.74, 6) is -0.278. The maximum absolute atomic E-state index is 12.6. The van der Waals surface area contributed by atoms with Gasteiger partial charge in [0.05, 0.1) is 0 Å². The fourth-order valence-electron chi connectivity index (χ4n) is 3.01. The molecule has 0 unspecified atom stereocenters. The number of allylic oxidation sites excluding steroid dienone is 2. The van der Waals surface area contributed by atoms with E-state index in [9.17, 15) is 21.6 Å². The van der Waals surface area contributed by atoms with E-state index in [4.69, 9.17) is 0 Å². The van der Waals surface area contributed by atoms with Crippen molar-refractivity contribution in [3.05, 3.63) is 34.9 Å². The third kappa shape index (κ3) is 3.71. The van der Waals surface area contributed by atoms with E-state index in [1.54, 1.807) is 13.0 Å². The Balaban J connectivity index is 2.63. The second-order valence-corrected chi connectivity index (χ2v) is 9.64. The first-order valence-corrected chi connectivity index (χ1v) is 9.34. The molecule has 0 fully saturated rings. The second kappa shape index (κ2) is 5.76. The van der Waals surface area contributed by atoms with E-state index in [1.165, 1.54) is 6.07 Å². The molecule has 1 aliphatic rings. The predicted molar refractivity (Wildman–Crippen MR) is 91.9 cm³/mol. The lowest BCUT2D eigenvalue weighted by atomic mass is 9.68. The lowest BCUT2D eigenvalue weighted by molar-refractivity contribution is -0.0500. The molecule has 0 atom stereocenters. The number of aryl methyl sites for hydroxylation is 1. The molecule has 0 amide bonds. The van der Waals surface area contributed by atoms with E-state index in [2.05, 4.69) is 31.0 Å². The standard InChI is InChI=1S/C18H23F3O3S/c1-11-9-12-13(16(2,3)4)7-8-17(5,6)14(12)10-15(11)24-25(22,23)18(19,20)21/h7,9-10H,8H2,1-6H3. The zero-order valence-corrected chi connectivity index (χ0v) is 16.0. The molecule has 25 heavy (non-hydrogen) atoms. The van der Waals surface area contributed by atoms with E-state index < -0.39 is 15.6 Å². The number of fused-ring (bicyclic) bond motifs is 1. The maximum Gasteiger partial charge on any atom is 0.534 e. The van der Waals surface area contributed by atoms with Crippen LogP contribution in [0, 0.1) is 12.3 Å². The van der Waals surface area contributed by atoms with E-state index >= 15 is 0 Å². The smallest absolute Gasteiger partial charge is 0.376 e. The first-order chi connectivity index (χ1) is 11.1. The molecule has 3 nitrogen and oxygen atoms in total. The molecule has 2 rings (SSSR count). The van der Waals surface area contributed by atoms with Crippen LogP contribution in [0.2, 0.25) is 0 Å². The van der Waals surface area contributed by atoms with Crippen LogP contribution in [0.5, 0.6) is 5.75 Å². The van der Waals surface area contributed by atoms with Gasteiger partial charge in [0.2, 0.25) is 0 Å². The minimum atomic E-state index is -5.69. The molecule has 0 radical (unpaired) electrons. The number of hydrogen-bond donors (Lipinski definition) is 0. The normalized spacial score (nSPS) is 17.7. The van der Waals surface area contributed by atoms with Gasteiger partial charge in [-0.15, -0.1) is 0 Å². The van der Waals surface area contributed by atoms with Gasteiger partial charge in [0.15, 0.2) is 0 Å². The van der Waals surface area contributed by atoms with Crippen molar-refractivity contribution < 1.29 is 25.8 Å². The first kappa shape index (κ1) is 19.8. The summed E-state index contributed by atoms with van der Waals surface area (Å²) in [6, 6.07) is 3.15. The Bertz CT molecular complexity index is 826. The molecule has 7 heteroatoms. The van der Waals surface area contributed by atoms with Gasteiger partial charge < -0.3 is 4.18 Å². The average Bonchev–Trinajstić information content (AvgIpc) is 2.37. The Labute approximate surface area is 147 Å². The van der Waals surface area contributed by atoms with Gasteiger partial charge in [0, 0.05) is 0 Å². The molecule has 0 aromatic heterocycles. The highest BCUT2D eigenvalue weighted by molar-refractivity contribution is 7.88. The van der Waals surface area contributed by atoms with E-state index in [1.807, 2.05) is 13.8 Å². The van der Waals surface area contributed by atoms with Crippen molar-refractivity contribution in [2.24, 2.45) is 5.41 Å². The Morgan fingerprint density at radius 3 is 2.16 bits per heavy atom. The van der Waals surface area contributed by atoms with Crippen LogP contribution in [0.15, 0.2) is 18.2 Å². The molecule has 0 aliphatic heterocycles. The lowest BCUT2D eigenvalue weighted by Gasteiger charge is -2.37. The van der Waals surface area contributed by atoms with Crippen LogP contribution in [0.25, 0.3) is 5.57 Å². The summed E-state index contributed by atoms with van der Waals surface area (Å²) in [6.07, 6.45) is 2.86. The van der Waals surface area contributed by atoms with Crippen LogP contribution in [0.4, 0.5) is 13.2 Å². The molecule has 0 N–H and O–H groups in total. The Morgan fingerprint density at radius 1 is 1.12 bits per heavy atom. The quantitative estimate of drug-likeness (QED) is 0.517. The summed E-state index contributed by atoms with van der Waals surface area (Å²) < 4.78 is 65.1. The fourth-order valence-corrected chi connectivity index (χ4v) is 3.52. The third-order valence-electron chi connectivity index (χ3n) is 4.44. The summed E-state index contributed by atoms with van der Waals surface area (Å²) >= 11 is 0. The summed E-state index contributed by atoms with van der Waals surface area (Å²) in [7, 11) is -5.69. The highest BCUT2D eigenvalue weighted by atomic mass is 32.2. The van der Waals surface area contributed by atoms with E-state index in [0.717, 1.165) is 16.7 Å². The molecule has 1 aliphatic carbocycles. The average molecular weight is 376 g/mol. The van der Waals surface area contributed by atoms with Crippen LogP contribution < -0.4 is 4.18 Å². The minimum absolute atomic E-state index is 0.141. The molecule has 140 valence electrons. The summed E-state index contributed by atoms with van der Waals surface area (Å²) in [5, 5.41) is 0. The molecule has 0 spiro atoms. The maximum atomic E-state index is 12.6. The second-order valence-electron chi connectivity index (χ2n) is 8.10. The zero-order valence-electron chi connectivity index (χ0n) is 15.2. The topological polar surface area (TPSA) is 43.4 Å². The highest BCUT2D eigenvalue weighted by Gasteiger charge is 2.49. The lowest BCUT2D eigenvalue weighted by Crippen LogP contribution is -2.29. The van der Waals surface area contributed by atoms with Gasteiger partial charge in [-0.25, -0.2) is 0 Å². The van der Waals surface area contributed by atoms with Crippen molar-refractivity contribution >= 4 is 15.7 Å². The van der Waals surface area contributed by atoms with Crippen molar-refractivity contribution in [2.75, 3.05) is 0 Å². The van der Waals surface area contributed by atoms with Crippen molar-refractivity contribution in [2.45, 2.75) is 58.9 Å². The Kier molecular flexibility index (Phi) is 4.57. The predicted octanol–water partition coefficient (Wildman–Crippen LogP) is 5.33. The highest BCUT2D eigenvalue weighted by Crippen LogP contribution is 2.47. The minimum Gasteiger partial charge on any atom is -0.376 e. The van der Waals surface area contributed by atoms with Gasteiger partial charge in [-0.3, -0.25) is 0 Å². The molecule has 0 saturated heterocycles. The first-order valence-electron chi connectivity index (χ1n) is 7.93. The van der Waals surface area contributed by atoms with Gasteiger partial charge in [0.25, 0.3) is 0 Å². The number of halogens is 3. The number of rotatable bonds is 2. The SMILES string of the molecule is Cc1cc2c(cc1OS(=O)(=O)C(F)(F)F)C(C)(C)CC=C2C(C)(C)C. The number of hydrogen-bond acceptors (Lipinski definition) is 3. The fraction of sp³-hybridized carbons (Fsp3) is 0.556. The summed E-state index contributed by atoms with van der Waals surface area (Å²) in [6.45, 7) is 11.7. The molecule has 0 bridgehead atoms. The van der Waals surface area contributed by atoms with Gasteiger partial charge >= 0.3 is 15.6 Å². The zero-order chi connectivity index (χ0) is 19.4.